The summed E-state index contributed by atoms with van der Waals surface area (Å²) in [5.41, 5.74) is 0.557. The fourth-order valence-electron chi connectivity index (χ4n) is 3.33. The molecule has 126 valence electrons. The summed E-state index contributed by atoms with van der Waals surface area (Å²) in [6.07, 6.45) is 4.59. The molecule has 2 aliphatic rings. The number of halogens is 2. The molecule has 0 aromatic heterocycles. The van der Waals surface area contributed by atoms with Crippen LogP contribution in [0.15, 0.2) is 6.07 Å². The molecule has 1 saturated carbocycles. The molecule has 0 bridgehead atoms. The Morgan fingerprint density at radius 3 is 2.52 bits per heavy atom. The lowest BCUT2D eigenvalue weighted by molar-refractivity contribution is -0.140. The standard InChI is InChI=1S/C18H22F2O3/c1-10-3-6-12(7-4-10)18(21)23-14-9-13-8-5-11(2)22-17(13)16(20)15(14)19/h9-12H,3-8H2,1-2H3. The Bertz CT molecular complexity index is 607. The normalized spacial score (nSPS) is 27.0. The lowest BCUT2D eigenvalue weighted by Gasteiger charge is -2.26. The van der Waals surface area contributed by atoms with Gasteiger partial charge in [0.05, 0.1) is 12.0 Å². The number of aryl methyl sites for hydroxylation is 1. The first-order valence-electron chi connectivity index (χ1n) is 8.35. The Balaban J connectivity index is 1.78. The highest BCUT2D eigenvalue weighted by atomic mass is 19.2. The van der Waals surface area contributed by atoms with Crippen molar-refractivity contribution in [1.82, 2.24) is 0 Å². The Kier molecular flexibility index (Phi) is 4.55. The molecule has 0 saturated heterocycles. The van der Waals surface area contributed by atoms with E-state index >= 15 is 0 Å². The van der Waals surface area contributed by atoms with Gasteiger partial charge in [-0.1, -0.05) is 6.92 Å². The second-order valence-electron chi connectivity index (χ2n) is 6.84. The molecule has 3 rings (SSSR count). The molecular weight excluding hydrogens is 302 g/mol. The Hall–Kier alpha value is -1.65. The van der Waals surface area contributed by atoms with E-state index < -0.39 is 17.6 Å². The zero-order valence-corrected chi connectivity index (χ0v) is 13.5. The van der Waals surface area contributed by atoms with E-state index in [1.807, 2.05) is 6.92 Å². The molecule has 1 heterocycles. The van der Waals surface area contributed by atoms with Crippen LogP contribution < -0.4 is 9.47 Å². The second kappa shape index (κ2) is 6.46. The summed E-state index contributed by atoms with van der Waals surface area (Å²) in [5, 5.41) is 0. The first kappa shape index (κ1) is 16.2. The highest BCUT2D eigenvalue weighted by molar-refractivity contribution is 5.75. The zero-order chi connectivity index (χ0) is 16.6. The minimum atomic E-state index is -1.14. The summed E-state index contributed by atoms with van der Waals surface area (Å²) in [4.78, 5) is 12.2. The lowest BCUT2D eigenvalue weighted by Crippen LogP contribution is -2.26. The summed E-state index contributed by atoms with van der Waals surface area (Å²) in [6.45, 7) is 3.97. The van der Waals surface area contributed by atoms with Crippen molar-refractivity contribution in [3.05, 3.63) is 23.3 Å². The quantitative estimate of drug-likeness (QED) is 0.597. The predicted molar refractivity (Wildman–Crippen MR) is 81.5 cm³/mol. The van der Waals surface area contributed by atoms with Crippen LogP contribution in [-0.4, -0.2) is 12.1 Å². The molecule has 1 atom stereocenters. The third-order valence-electron chi connectivity index (χ3n) is 4.90. The largest absolute Gasteiger partial charge is 0.487 e. The van der Waals surface area contributed by atoms with Crippen LogP contribution >= 0.6 is 0 Å². The van der Waals surface area contributed by atoms with E-state index in [-0.39, 0.29) is 23.5 Å². The van der Waals surface area contributed by atoms with Crippen LogP contribution in [0.1, 0.15) is 51.5 Å². The summed E-state index contributed by atoms with van der Waals surface area (Å²) in [5.74, 6) is -2.64. The Labute approximate surface area is 135 Å². The maximum atomic E-state index is 14.2. The van der Waals surface area contributed by atoms with Gasteiger partial charge >= 0.3 is 5.97 Å². The minimum absolute atomic E-state index is 0.0486. The van der Waals surface area contributed by atoms with E-state index in [1.165, 1.54) is 6.07 Å². The van der Waals surface area contributed by atoms with Gasteiger partial charge in [0.15, 0.2) is 11.5 Å². The number of benzene rings is 1. The van der Waals surface area contributed by atoms with E-state index in [9.17, 15) is 13.6 Å². The van der Waals surface area contributed by atoms with Gasteiger partial charge < -0.3 is 9.47 Å². The van der Waals surface area contributed by atoms with Gasteiger partial charge in [-0.15, -0.1) is 0 Å². The highest BCUT2D eigenvalue weighted by Gasteiger charge is 2.30. The number of rotatable bonds is 2. The smallest absolute Gasteiger partial charge is 0.314 e. The number of carbonyl (C=O) groups is 1. The fourth-order valence-corrected chi connectivity index (χ4v) is 3.33. The van der Waals surface area contributed by atoms with Crippen molar-refractivity contribution < 1.29 is 23.0 Å². The molecule has 0 radical (unpaired) electrons. The van der Waals surface area contributed by atoms with Crippen LogP contribution in [0.2, 0.25) is 0 Å². The third-order valence-corrected chi connectivity index (χ3v) is 4.90. The summed E-state index contributed by atoms with van der Waals surface area (Å²) in [7, 11) is 0. The molecule has 1 aromatic carbocycles. The van der Waals surface area contributed by atoms with Crippen molar-refractivity contribution in [2.24, 2.45) is 11.8 Å². The molecule has 0 spiro atoms. The van der Waals surface area contributed by atoms with Crippen molar-refractivity contribution >= 4 is 5.97 Å². The average molecular weight is 324 g/mol. The summed E-state index contributed by atoms with van der Waals surface area (Å²) in [6, 6.07) is 1.41. The molecule has 1 fully saturated rings. The topological polar surface area (TPSA) is 35.5 Å². The zero-order valence-electron chi connectivity index (χ0n) is 13.5. The van der Waals surface area contributed by atoms with Crippen LogP contribution in [0.4, 0.5) is 8.78 Å². The average Bonchev–Trinajstić information content (AvgIpc) is 2.53. The molecule has 1 aromatic rings. The number of esters is 1. The van der Waals surface area contributed by atoms with E-state index in [1.54, 1.807) is 0 Å². The molecule has 1 unspecified atom stereocenters. The summed E-state index contributed by atoms with van der Waals surface area (Å²) < 4.78 is 38.9. The van der Waals surface area contributed by atoms with Gasteiger partial charge in [0.1, 0.15) is 0 Å². The van der Waals surface area contributed by atoms with Crippen molar-refractivity contribution in [3.63, 3.8) is 0 Å². The van der Waals surface area contributed by atoms with Gasteiger partial charge in [0.2, 0.25) is 11.6 Å². The van der Waals surface area contributed by atoms with E-state index in [2.05, 4.69) is 6.92 Å². The molecule has 1 aliphatic carbocycles. The summed E-state index contributed by atoms with van der Waals surface area (Å²) >= 11 is 0. The number of hydrogen-bond acceptors (Lipinski definition) is 3. The Morgan fingerprint density at radius 2 is 1.83 bits per heavy atom. The maximum Gasteiger partial charge on any atom is 0.314 e. The number of carbonyl (C=O) groups excluding carboxylic acids is 1. The van der Waals surface area contributed by atoms with Crippen LogP contribution in [0, 0.1) is 23.5 Å². The molecule has 0 N–H and O–H groups in total. The third kappa shape index (κ3) is 3.33. The van der Waals surface area contributed by atoms with Gasteiger partial charge in [0, 0.05) is 5.56 Å². The van der Waals surface area contributed by atoms with Gasteiger partial charge in [-0.3, -0.25) is 4.79 Å². The van der Waals surface area contributed by atoms with Crippen LogP contribution in [0.5, 0.6) is 11.5 Å². The maximum absolute atomic E-state index is 14.2. The molecule has 0 amide bonds. The van der Waals surface area contributed by atoms with Crippen molar-refractivity contribution in [2.75, 3.05) is 0 Å². The van der Waals surface area contributed by atoms with E-state index in [4.69, 9.17) is 9.47 Å². The monoisotopic (exact) mass is 324 g/mol. The van der Waals surface area contributed by atoms with Crippen molar-refractivity contribution in [1.29, 1.82) is 0 Å². The first-order valence-corrected chi connectivity index (χ1v) is 8.35. The molecule has 5 heteroatoms. The van der Waals surface area contributed by atoms with Gasteiger partial charge in [-0.25, -0.2) is 0 Å². The Morgan fingerprint density at radius 1 is 1.13 bits per heavy atom. The molecule has 1 aliphatic heterocycles. The van der Waals surface area contributed by atoms with Crippen molar-refractivity contribution in [3.8, 4) is 11.5 Å². The van der Waals surface area contributed by atoms with Crippen molar-refractivity contribution in [2.45, 2.75) is 58.5 Å². The van der Waals surface area contributed by atoms with Gasteiger partial charge in [-0.2, -0.15) is 8.78 Å². The van der Waals surface area contributed by atoms with Crippen LogP contribution in [0.25, 0.3) is 0 Å². The van der Waals surface area contributed by atoms with Gasteiger partial charge in [0.25, 0.3) is 0 Å². The first-order chi connectivity index (χ1) is 11.0. The SMILES string of the molecule is CC1CCC(C(=O)Oc2cc3c(c(F)c2F)OC(C)CC3)CC1. The number of fused-ring (bicyclic) bond motifs is 1. The van der Waals surface area contributed by atoms with Crippen LogP contribution in [-0.2, 0) is 11.2 Å². The minimum Gasteiger partial charge on any atom is -0.487 e. The van der Waals surface area contributed by atoms with E-state index in [0.717, 1.165) is 32.1 Å². The van der Waals surface area contributed by atoms with Gasteiger partial charge in [-0.05, 0) is 57.4 Å². The van der Waals surface area contributed by atoms with Crippen LogP contribution in [0.3, 0.4) is 0 Å². The fraction of sp³-hybridized carbons (Fsp3) is 0.611. The highest BCUT2D eigenvalue weighted by Crippen LogP contribution is 2.37. The molecule has 3 nitrogen and oxygen atoms in total. The predicted octanol–water partition coefficient (Wildman–Crippen LogP) is 4.41. The number of hydrogen-bond donors (Lipinski definition) is 0. The number of ether oxygens (including phenoxy) is 2. The second-order valence-corrected chi connectivity index (χ2v) is 6.84. The van der Waals surface area contributed by atoms with E-state index in [0.29, 0.717) is 17.9 Å². The molecule has 23 heavy (non-hydrogen) atoms. The lowest BCUT2D eigenvalue weighted by atomic mass is 9.83. The molecular formula is C18H22F2O3.